The van der Waals surface area contributed by atoms with Crippen LogP contribution in [0.1, 0.15) is 37.4 Å². The van der Waals surface area contributed by atoms with Crippen molar-refractivity contribution in [2.75, 3.05) is 39.4 Å². The second kappa shape index (κ2) is 9.85. The molecule has 2 aromatic rings. The zero-order chi connectivity index (χ0) is 19.9. The van der Waals surface area contributed by atoms with Gasteiger partial charge in [0.05, 0.1) is 19.3 Å². The molecular formula is C22H28F2N2O2. The van der Waals surface area contributed by atoms with Crippen molar-refractivity contribution in [2.45, 2.75) is 26.3 Å². The molecular weight excluding hydrogens is 362 g/mol. The van der Waals surface area contributed by atoms with Crippen LogP contribution in [0.4, 0.5) is 8.78 Å². The molecule has 4 nitrogen and oxygen atoms in total. The van der Waals surface area contributed by atoms with E-state index in [0.717, 1.165) is 44.2 Å². The van der Waals surface area contributed by atoms with E-state index in [4.69, 9.17) is 9.47 Å². The van der Waals surface area contributed by atoms with Crippen LogP contribution in [0.3, 0.4) is 0 Å². The fourth-order valence-corrected chi connectivity index (χ4v) is 3.67. The highest BCUT2D eigenvalue weighted by atomic mass is 19.1. The Morgan fingerprint density at radius 3 is 2.50 bits per heavy atom. The molecule has 1 N–H and O–H groups in total. The number of hydrogen-bond acceptors (Lipinski definition) is 4. The Morgan fingerprint density at radius 1 is 0.964 bits per heavy atom. The molecule has 0 bridgehead atoms. The summed E-state index contributed by atoms with van der Waals surface area (Å²) in [6.07, 6.45) is 0.967. The molecule has 1 aliphatic rings. The molecule has 1 saturated heterocycles. The van der Waals surface area contributed by atoms with Gasteiger partial charge in [0.2, 0.25) is 0 Å². The smallest absolute Gasteiger partial charge is 0.161 e. The number of halogens is 2. The average molecular weight is 390 g/mol. The van der Waals surface area contributed by atoms with Crippen LogP contribution < -0.4 is 14.8 Å². The predicted octanol–water partition coefficient (Wildman–Crippen LogP) is 4.15. The van der Waals surface area contributed by atoms with Crippen molar-refractivity contribution in [1.29, 1.82) is 0 Å². The van der Waals surface area contributed by atoms with Crippen LogP contribution in [0, 0.1) is 11.6 Å². The molecule has 1 aliphatic heterocycles. The number of nitrogens with one attached hydrogen (secondary N) is 1. The maximum Gasteiger partial charge on any atom is 0.161 e. The number of nitrogens with zero attached hydrogens (tertiary/aromatic N) is 1. The SMILES string of the molecule is CCOc1ccc(C(c2ccc(F)cc2F)N2CCCNCC2)cc1OCC. The van der Waals surface area contributed by atoms with Crippen LogP contribution in [0.15, 0.2) is 36.4 Å². The summed E-state index contributed by atoms with van der Waals surface area (Å²) in [6, 6.07) is 9.23. The third-order valence-electron chi connectivity index (χ3n) is 4.88. The highest BCUT2D eigenvalue weighted by molar-refractivity contribution is 5.46. The monoisotopic (exact) mass is 390 g/mol. The van der Waals surface area contributed by atoms with Crippen molar-refractivity contribution in [3.8, 4) is 11.5 Å². The summed E-state index contributed by atoms with van der Waals surface area (Å²) < 4.78 is 39.7. The number of ether oxygens (including phenoxy) is 2. The van der Waals surface area contributed by atoms with Gasteiger partial charge in [-0.15, -0.1) is 0 Å². The largest absolute Gasteiger partial charge is 0.490 e. The molecule has 1 fully saturated rings. The van der Waals surface area contributed by atoms with Gasteiger partial charge < -0.3 is 14.8 Å². The highest BCUT2D eigenvalue weighted by Gasteiger charge is 2.27. The summed E-state index contributed by atoms with van der Waals surface area (Å²) in [5.74, 6) is 0.208. The topological polar surface area (TPSA) is 33.7 Å². The molecule has 28 heavy (non-hydrogen) atoms. The maximum absolute atomic E-state index is 14.8. The molecule has 2 aromatic carbocycles. The lowest BCUT2D eigenvalue weighted by molar-refractivity contribution is 0.235. The molecule has 0 aromatic heterocycles. The normalized spacial score (nSPS) is 16.4. The first kappa shape index (κ1) is 20.6. The molecule has 0 spiro atoms. The Morgan fingerprint density at radius 2 is 1.75 bits per heavy atom. The van der Waals surface area contributed by atoms with E-state index in [2.05, 4.69) is 10.2 Å². The zero-order valence-corrected chi connectivity index (χ0v) is 16.5. The molecule has 0 radical (unpaired) electrons. The Labute approximate surface area is 165 Å². The average Bonchev–Trinajstić information content (AvgIpc) is 2.95. The number of benzene rings is 2. The quantitative estimate of drug-likeness (QED) is 0.770. The van der Waals surface area contributed by atoms with Gasteiger partial charge in [-0.05, 0) is 50.6 Å². The minimum Gasteiger partial charge on any atom is -0.490 e. The summed E-state index contributed by atoms with van der Waals surface area (Å²) in [6.45, 7) is 8.24. The maximum atomic E-state index is 14.8. The van der Waals surface area contributed by atoms with Gasteiger partial charge in [-0.3, -0.25) is 4.90 Å². The summed E-state index contributed by atoms with van der Waals surface area (Å²) in [5.41, 5.74) is 1.37. The standard InChI is InChI=1S/C22H28F2N2O2/c1-3-27-20-9-6-16(14-21(20)28-4-2)22(26-12-5-10-25-11-13-26)18-8-7-17(23)15-19(18)24/h6-9,14-15,22,25H,3-5,10-13H2,1-2H3. The zero-order valence-electron chi connectivity index (χ0n) is 16.5. The van der Waals surface area contributed by atoms with Crippen molar-refractivity contribution in [3.63, 3.8) is 0 Å². The summed E-state index contributed by atoms with van der Waals surface area (Å²) in [7, 11) is 0. The predicted molar refractivity (Wildman–Crippen MR) is 106 cm³/mol. The van der Waals surface area contributed by atoms with Crippen molar-refractivity contribution >= 4 is 0 Å². The molecule has 0 aliphatic carbocycles. The van der Waals surface area contributed by atoms with Crippen LogP contribution in [0.5, 0.6) is 11.5 Å². The van der Waals surface area contributed by atoms with E-state index >= 15 is 0 Å². The van der Waals surface area contributed by atoms with Crippen LogP contribution in [-0.4, -0.2) is 44.3 Å². The van der Waals surface area contributed by atoms with Gasteiger partial charge in [0.1, 0.15) is 11.6 Å². The summed E-state index contributed by atoms with van der Waals surface area (Å²) >= 11 is 0. The van der Waals surface area contributed by atoms with E-state index in [1.807, 2.05) is 32.0 Å². The number of rotatable bonds is 7. The van der Waals surface area contributed by atoms with Crippen molar-refractivity contribution in [3.05, 3.63) is 59.2 Å². The third kappa shape index (κ3) is 4.80. The second-order valence-corrected chi connectivity index (χ2v) is 6.78. The Bertz CT molecular complexity index is 777. The molecule has 1 unspecified atom stereocenters. The van der Waals surface area contributed by atoms with E-state index in [-0.39, 0.29) is 6.04 Å². The van der Waals surface area contributed by atoms with Crippen LogP contribution in [-0.2, 0) is 0 Å². The van der Waals surface area contributed by atoms with Gasteiger partial charge >= 0.3 is 0 Å². The molecule has 6 heteroatoms. The van der Waals surface area contributed by atoms with Crippen LogP contribution >= 0.6 is 0 Å². The Kier molecular flexibility index (Phi) is 7.23. The molecule has 152 valence electrons. The number of hydrogen-bond donors (Lipinski definition) is 1. The minimum absolute atomic E-state index is 0.324. The summed E-state index contributed by atoms with van der Waals surface area (Å²) in [4.78, 5) is 2.24. The van der Waals surface area contributed by atoms with E-state index in [1.54, 1.807) is 6.07 Å². The van der Waals surface area contributed by atoms with Gasteiger partial charge in [-0.1, -0.05) is 12.1 Å². The van der Waals surface area contributed by atoms with Crippen molar-refractivity contribution < 1.29 is 18.3 Å². The van der Waals surface area contributed by atoms with Crippen molar-refractivity contribution in [2.24, 2.45) is 0 Å². The van der Waals surface area contributed by atoms with Gasteiger partial charge in [0.25, 0.3) is 0 Å². The van der Waals surface area contributed by atoms with E-state index in [9.17, 15) is 8.78 Å². The van der Waals surface area contributed by atoms with Gasteiger partial charge in [0.15, 0.2) is 11.5 Å². The summed E-state index contributed by atoms with van der Waals surface area (Å²) in [5, 5.41) is 3.38. The fourth-order valence-electron chi connectivity index (χ4n) is 3.67. The van der Waals surface area contributed by atoms with Gasteiger partial charge in [-0.2, -0.15) is 0 Å². The molecule has 0 amide bonds. The lowest BCUT2D eigenvalue weighted by Gasteiger charge is -2.32. The first-order valence-corrected chi connectivity index (χ1v) is 9.93. The van der Waals surface area contributed by atoms with E-state index in [1.165, 1.54) is 6.07 Å². The lowest BCUT2D eigenvalue weighted by Crippen LogP contribution is -2.33. The first-order chi connectivity index (χ1) is 13.6. The third-order valence-corrected chi connectivity index (χ3v) is 4.88. The van der Waals surface area contributed by atoms with E-state index < -0.39 is 11.6 Å². The highest BCUT2D eigenvalue weighted by Crippen LogP contribution is 2.36. The van der Waals surface area contributed by atoms with E-state index in [0.29, 0.717) is 30.3 Å². The Hall–Kier alpha value is -2.18. The second-order valence-electron chi connectivity index (χ2n) is 6.78. The van der Waals surface area contributed by atoms with Crippen LogP contribution in [0.2, 0.25) is 0 Å². The minimum atomic E-state index is -0.570. The first-order valence-electron chi connectivity index (χ1n) is 9.93. The van der Waals surface area contributed by atoms with Crippen LogP contribution in [0.25, 0.3) is 0 Å². The fraction of sp³-hybridized carbons (Fsp3) is 0.455. The molecule has 3 rings (SSSR count). The van der Waals surface area contributed by atoms with Gasteiger partial charge in [-0.25, -0.2) is 8.78 Å². The molecule has 0 saturated carbocycles. The Balaban J connectivity index is 2.06. The molecule has 1 atom stereocenters. The van der Waals surface area contributed by atoms with Gasteiger partial charge in [0, 0.05) is 31.3 Å². The van der Waals surface area contributed by atoms with Crippen molar-refractivity contribution in [1.82, 2.24) is 10.2 Å². The molecule has 1 heterocycles. The lowest BCUT2D eigenvalue weighted by atomic mass is 9.95.